The maximum atomic E-state index is 14.1. The summed E-state index contributed by atoms with van der Waals surface area (Å²) in [5.41, 5.74) is 1.21. The van der Waals surface area contributed by atoms with E-state index in [1.807, 2.05) is 0 Å². The number of carbonyl (C=O) groups excluding carboxylic acids is 1. The molecule has 0 radical (unpaired) electrons. The molecule has 39 heavy (non-hydrogen) atoms. The van der Waals surface area contributed by atoms with Crippen LogP contribution in [0, 0.1) is 5.82 Å². The first kappa shape index (κ1) is 25.4. The number of alkyl halides is 3. The van der Waals surface area contributed by atoms with E-state index in [1.165, 1.54) is 43.1 Å². The van der Waals surface area contributed by atoms with Crippen LogP contribution in [0.3, 0.4) is 0 Å². The van der Waals surface area contributed by atoms with Crippen LogP contribution in [0.4, 0.5) is 34.8 Å². The summed E-state index contributed by atoms with van der Waals surface area (Å²) in [5.74, 6) is -2.62. The van der Waals surface area contributed by atoms with E-state index in [0.29, 0.717) is 22.4 Å². The van der Waals surface area contributed by atoms with Crippen LogP contribution in [0.2, 0.25) is 0 Å². The number of rotatable bonds is 7. The Balaban J connectivity index is 1.60. The monoisotopic (exact) mass is 539 g/mol. The normalized spacial score (nSPS) is 11.3. The maximum absolute atomic E-state index is 14.1. The van der Waals surface area contributed by atoms with Gasteiger partial charge in [0.1, 0.15) is 29.2 Å². The lowest BCUT2D eigenvalue weighted by atomic mass is 10.1. The highest BCUT2D eigenvalue weighted by molar-refractivity contribution is 6.06. The lowest BCUT2D eigenvalue weighted by Gasteiger charge is -2.19. The van der Waals surface area contributed by atoms with Crippen molar-refractivity contribution in [3.05, 3.63) is 78.8 Å². The Hall–Kier alpha value is -5.27. The first-order valence-electron chi connectivity index (χ1n) is 11.1. The fraction of sp³-hybridized carbons (Fsp3) is 0.0800. The third-order valence-electron chi connectivity index (χ3n) is 5.41. The number of carbonyl (C=O) groups is 1. The van der Waals surface area contributed by atoms with E-state index in [2.05, 4.69) is 40.3 Å². The number of para-hydroxylation sites is 1. The van der Waals surface area contributed by atoms with Gasteiger partial charge in [-0.05, 0) is 36.4 Å². The molecule has 0 saturated heterocycles. The van der Waals surface area contributed by atoms with E-state index in [9.17, 15) is 22.4 Å². The zero-order valence-electron chi connectivity index (χ0n) is 19.9. The molecule has 0 aliphatic heterocycles. The van der Waals surface area contributed by atoms with Gasteiger partial charge in [-0.1, -0.05) is 12.1 Å². The van der Waals surface area contributed by atoms with Crippen molar-refractivity contribution in [2.75, 3.05) is 17.7 Å². The van der Waals surface area contributed by atoms with Gasteiger partial charge < -0.3 is 25.1 Å². The highest BCUT2D eigenvalue weighted by Gasteiger charge is 2.34. The van der Waals surface area contributed by atoms with Crippen LogP contribution in [-0.2, 0) is 0 Å². The van der Waals surface area contributed by atoms with E-state index in [1.54, 1.807) is 12.1 Å². The van der Waals surface area contributed by atoms with Gasteiger partial charge in [0.25, 0.3) is 5.91 Å². The third-order valence-corrected chi connectivity index (χ3v) is 5.41. The molecule has 198 valence electrons. The summed E-state index contributed by atoms with van der Waals surface area (Å²) in [7, 11) is 1.14. The minimum Gasteiger partial charge on any atom is -0.491 e. The van der Waals surface area contributed by atoms with Gasteiger partial charge in [0.15, 0.2) is 17.1 Å². The van der Waals surface area contributed by atoms with Crippen molar-refractivity contribution < 1.29 is 31.8 Å². The van der Waals surface area contributed by atoms with Gasteiger partial charge in [-0.3, -0.25) is 4.79 Å². The molecule has 14 heteroatoms. The first-order chi connectivity index (χ1) is 18.7. The number of nitrogens with zero attached hydrogens (tertiary/aromatic N) is 4. The SMILES string of the molecule is COc1c(Nc2ncccc2-c2ncnc3nc[nH]c23)cc(C(=O)Nc2ccccc2F)cc1OC(F)(F)F. The number of ether oxygens (including phenoxy) is 2. The molecule has 10 nitrogen and oxygen atoms in total. The summed E-state index contributed by atoms with van der Waals surface area (Å²) in [6.45, 7) is 0. The molecule has 2 aromatic carbocycles. The highest BCUT2D eigenvalue weighted by atomic mass is 19.4. The van der Waals surface area contributed by atoms with Crippen LogP contribution in [0.25, 0.3) is 22.4 Å². The zero-order chi connectivity index (χ0) is 27.6. The van der Waals surface area contributed by atoms with E-state index in [0.717, 1.165) is 19.2 Å². The lowest BCUT2D eigenvalue weighted by Crippen LogP contribution is -2.19. The highest BCUT2D eigenvalue weighted by Crippen LogP contribution is 2.42. The Bertz CT molecular complexity index is 1670. The third kappa shape index (κ3) is 5.39. The van der Waals surface area contributed by atoms with Gasteiger partial charge in [-0.25, -0.2) is 24.3 Å². The Labute approximate surface area is 217 Å². The summed E-state index contributed by atoms with van der Waals surface area (Å²) in [4.78, 5) is 32.7. The molecule has 5 rings (SSSR count). The number of H-pyrrole nitrogens is 1. The smallest absolute Gasteiger partial charge is 0.491 e. The fourth-order valence-electron chi connectivity index (χ4n) is 3.79. The van der Waals surface area contributed by atoms with E-state index in [4.69, 9.17) is 4.74 Å². The Morgan fingerprint density at radius 3 is 2.59 bits per heavy atom. The van der Waals surface area contributed by atoms with E-state index in [-0.39, 0.29) is 28.5 Å². The number of nitrogens with one attached hydrogen (secondary N) is 3. The molecule has 5 aromatic rings. The Morgan fingerprint density at radius 1 is 1.00 bits per heavy atom. The number of pyridine rings is 1. The number of hydrogen-bond acceptors (Lipinski definition) is 8. The second-order valence-electron chi connectivity index (χ2n) is 7.88. The fourth-order valence-corrected chi connectivity index (χ4v) is 3.79. The second-order valence-corrected chi connectivity index (χ2v) is 7.88. The molecule has 3 aromatic heterocycles. The molecule has 0 spiro atoms. The predicted octanol–water partition coefficient (Wildman–Crippen LogP) is 5.46. The first-order valence-corrected chi connectivity index (χ1v) is 11.1. The molecule has 0 unspecified atom stereocenters. The van der Waals surface area contributed by atoms with Crippen LogP contribution in [0.5, 0.6) is 11.5 Å². The summed E-state index contributed by atoms with van der Waals surface area (Å²) < 4.78 is 63.3. The Morgan fingerprint density at radius 2 is 1.82 bits per heavy atom. The Kier molecular flexibility index (Phi) is 6.66. The van der Waals surface area contributed by atoms with Crippen molar-refractivity contribution in [1.82, 2.24) is 24.9 Å². The van der Waals surface area contributed by atoms with Crippen LogP contribution < -0.4 is 20.1 Å². The number of anilines is 3. The average molecular weight is 539 g/mol. The number of benzene rings is 2. The van der Waals surface area contributed by atoms with Crippen LogP contribution >= 0.6 is 0 Å². The summed E-state index contributed by atoms with van der Waals surface area (Å²) in [6, 6.07) is 10.7. The van der Waals surface area contributed by atoms with Gasteiger partial charge in [0, 0.05) is 17.3 Å². The van der Waals surface area contributed by atoms with Crippen molar-refractivity contribution >= 4 is 34.3 Å². The average Bonchev–Trinajstić information content (AvgIpc) is 3.39. The molecule has 0 aliphatic rings. The van der Waals surface area contributed by atoms with Gasteiger partial charge in [0.2, 0.25) is 0 Å². The quantitative estimate of drug-likeness (QED) is 0.233. The molecular weight excluding hydrogens is 522 g/mol. The largest absolute Gasteiger partial charge is 0.573 e. The molecule has 0 aliphatic carbocycles. The number of imidazole rings is 1. The second kappa shape index (κ2) is 10.2. The number of aromatic nitrogens is 5. The summed E-state index contributed by atoms with van der Waals surface area (Å²) >= 11 is 0. The molecular formula is C25H17F4N7O3. The molecule has 0 atom stereocenters. The van der Waals surface area contributed by atoms with Gasteiger partial charge >= 0.3 is 6.36 Å². The summed E-state index contributed by atoms with van der Waals surface area (Å²) in [6.07, 6.45) is -0.910. The number of methoxy groups -OCH3 is 1. The van der Waals surface area contributed by atoms with Crippen molar-refractivity contribution in [2.45, 2.75) is 6.36 Å². The molecule has 0 fully saturated rings. The maximum Gasteiger partial charge on any atom is 0.573 e. The summed E-state index contributed by atoms with van der Waals surface area (Å²) in [5, 5.41) is 5.25. The number of aromatic amines is 1. The molecule has 3 N–H and O–H groups in total. The standard InChI is InChI=1S/C25H17F4N7O3/c1-38-21-17(35-22-14(5-4-8-30-22)19-20-23(33-11-31-19)34-12-32-20)9-13(10-18(21)39-25(27,28)29)24(37)36-16-7-3-2-6-15(16)26/h2-12H,1H3,(H,30,35)(H,36,37)(H,31,32,33,34). The number of hydrogen-bond donors (Lipinski definition) is 3. The minimum absolute atomic E-state index is 0.0900. The number of fused-ring (bicyclic) bond motifs is 1. The van der Waals surface area contributed by atoms with Crippen molar-refractivity contribution in [1.29, 1.82) is 0 Å². The molecule has 1 amide bonds. The number of halogens is 4. The minimum atomic E-state index is -5.10. The van der Waals surface area contributed by atoms with Gasteiger partial charge in [-0.2, -0.15) is 0 Å². The zero-order valence-corrected chi connectivity index (χ0v) is 19.9. The molecule has 0 saturated carbocycles. The van der Waals surface area contributed by atoms with Crippen molar-refractivity contribution in [3.63, 3.8) is 0 Å². The van der Waals surface area contributed by atoms with Crippen molar-refractivity contribution in [3.8, 4) is 22.8 Å². The van der Waals surface area contributed by atoms with Crippen LogP contribution in [0.15, 0.2) is 67.4 Å². The van der Waals surface area contributed by atoms with Gasteiger partial charge in [0.05, 0.1) is 24.8 Å². The molecule has 0 bridgehead atoms. The number of amides is 1. The van der Waals surface area contributed by atoms with Crippen LogP contribution in [-0.4, -0.2) is 44.3 Å². The lowest BCUT2D eigenvalue weighted by molar-refractivity contribution is -0.275. The predicted molar refractivity (Wildman–Crippen MR) is 132 cm³/mol. The topological polar surface area (TPSA) is 127 Å². The van der Waals surface area contributed by atoms with Gasteiger partial charge in [-0.15, -0.1) is 13.2 Å². The van der Waals surface area contributed by atoms with E-state index < -0.39 is 23.8 Å². The van der Waals surface area contributed by atoms with Crippen LogP contribution in [0.1, 0.15) is 10.4 Å². The van der Waals surface area contributed by atoms with E-state index >= 15 is 0 Å². The molecule has 3 heterocycles. The van der Waals surface area contributed by atoms with Crippen molar-refractivity contribution in [2.24, 2.45) is 0 Å².